The molecule has 0 aromatic heterocycles. The molecule has 3 nitrogen and oxygen atoms in total. The average Bonchev–Trinajstić information content (AvgIpc) is 2.44. The number of rotatable bonds is 5. The molecule has 0 radical (unpaired) electrons. The SMILES string of the molecule is CCSc1cccc(Oc2cccc(Cl)c2F)c1C(=N)N. The lowest BCUT2D eigenvalue weighted by molar-refractivity contribution is 0.440. The summed E-state index contributed by atoms with van der Waals surface area (Å²) in [5, 5.41) is 7.70. The number of nitrogens with one attached hydrogen (secondary N) is 1. The van der Waals surface area contributed by atoms with Crippen molar-refractivity contribution in [2.75, 3.05) is 5.75 Å². The molecule has 0 spiro atoms. The Morgan fingerprint density at radius 2 is 1.95 bits per heavy atom. The molecule has 21 heavy (non-hydrogen) atoms. The van der Waals surface area contributed by atoms with Crippen LogP contribution in [0.5, 0.6) is 11.5 Å². The van der Waals surface area contributed by atoms with E-state index in [4.69, 9.17) is 27.5 Å². The van der Waals surface area contributed by atoms with Crippen molar-refractivity contribution in [1.82, 2.24) is 0 Å². The fraction of sp³-hybridized carbons (Fsp3) is 0.133. The van der Waals surface area contributed by atoms with Crippen molar-refractivity contribution in [3.8, 4) is 11.5 Å². The van der Waals surface area contributed by atoms with E-state index in [1.165, 1.54) is 12.1 Å². The van der Waals surface area contributed by atoms with Crippen molar-refractivity contribution in [1.29, 1.82) is 5.41 Å². The third-order valence-electron chi connectivity index (χ3n) is 2.69. The van der Waals surface area contributed by atoms with Gasteiger partial charge in [-0.2, -0.15) is 0 Å². The van der Waals surface area contributed by atoms with Crippen LogP contribution in [0.15, 0.2) is 41.3 Å². The number of nitrogen functional groups attached to an aromatic ring is 1. The normalized spacial score (nSPS) is 10.4. The standard InChI is InChI=1S/C15H14ClFN2OS/c1-2-21-12-8-4-6-10(13(12)15(18)19)20-11-7-3-5-9(16)14(11)17/h3-8H,2H2,1H3,(H3,18,19). The van der Waals surface area contributed by atoms with Crippen LogP contribution in [-0.4, -0.2) is 11.6 Å². The van der Waals surface area contributed by atoms with Gasteiger partial charge in [-0.05, 0) is 30.0 Å². The summed E-state index contributed by atoms with van der Waals surface area (Å²) in [6.07, 6.45) is 0. The molecule has 2 rings (SSSR count). The zero-order valence-corrected chi connectivity index (χ0v) is 12.9. The highest BCUT2D eigenvalue weighted by Gasteiger charge is 2.15. The molecule has 0 saturated carbocycles. The van der Waals surface area contributed by atoms with Gasteiger partial charge in [-0.1, -0.05) is 30.7 Å². The third-order valence-corrected chi connectivity index (χ3v) is 3.93. The molecule has 3 N–H and O–H groups in total. The Morgan fingerprint density at radius 3 is 2.62 bits per heavy atom. The van der Waals surface area contributed by atoms with Crippen LogP contribution in [0.2, 0.25) is 5.02 Å². The second-order valence-corrected chi connectivity index (χ2v) is 5.84. The van der Waals surface area contributed by atoms with Gasteiger partial charge in [0.25, 0.3) is 0 Å². The zero-order chi connectivity index (χ0) is 15.4. The van der Waals surface area contributed by atoms with Gasteiger partial charge in [-0.15, -0.1) is 11.8 Å². The molecule has 2 aromatic rings. The summed E-state index contributed by atoms with van der Waals surface area (Å²) < 4.78 is 19.5. The second kappa shape index (κ2) is 6.83. The first-order chi connectivity index (χ1) is 10.0. The number of nitrogens with two attached hydrogens (primary N) is 1. The maximum Gasteiger partial charge on any atom is 0.184 e. The van der Waals surface area contributed by atoms with Crippen LogP contribution >= 0.6 is 23.4 Å². The van der Waals surface area contributed by atoms with Gasteiger partial charge in [0.15, 0.2) is 11.6 Å². The number of hydrogen-bond acceptors (Lipinski definition) is 3. The van der Waals surface area contributed by atoms with Gasteiger partial charge in [0.1, 0.15) is 11.6 Å². The third kappa shape index (κ3) is 3.49. The van der Waals surface area contributed by atoms with Crippen LogP contribution in [0.4, 0.5) is 4.39 Å². The Morgan fingerprint density at radius 1 is 1.29 bits per heavy atom. The van der Waals surface area contributed by atoms with E-state index in [0.29, 0.717) is 11.3 Å². The van der Waals surface area contributed by atoms with Gasteiger partial charge in [0, 0.05) is 4.90 Å². The predicted molar refractivity (Wildman–Crippen MR) is 85.3 cm³/mol. The van der Waals surface area contributed by atoms with E-state index in [2.05, 4.69) is 0 Å². The molecule has 0 amide bonds. The Bertz CT molecular complexity index is 679. The Labute approximate surface area is 131 Å². The largest absolute Gasteiger partial charge is 0.453 e. The summed E-state index contributed by atoms with van der Waals surface area (Å²) in [7, 11) is 0. The van der Waals surface area contributed by atoms with Crippen molar-refractivity contribution in [3.63, 3.8) is 0 Å². The Kier molecular flexibility index (Phi) is 5.09. The summed E-state index contributed by atoms with van der Waals surface area (Å²) in [6.45, 7) is 2.00. The molecule has 0 saturated heterocycles. The van der Waals surface area contributed by atoms with Crippen LogP contribution < -0.4 is 10.5 Å². The number of ether oxygens (including phenoxy) is 1. The topological polar surface area (TPSA) is 59.1 Å². The molecule has 110 valence electrons. The average molecular weight is 325 g/mol. The summed E-state index contributed by atoms with van der Waals surface area (Å²) in [5.74, 6) is 0.409. The predicted octanol–water partition coefficient (Wildman–Crippen LogP) is 4.67. The summed E-state index contributed by atoms with van der Waals surface area (Å²) in [5.41, 5.74) is 6.10. The quantitative estimate of drug-likeness (QED) is 0.477. The minimum absolute atomic E-state index is 0.00338. The van der Waals surface area contributed by atoms with Crippen LogP contribution in [0.25, 0.3) is 0 Å². The van der Waals surface area contributed by atoms with Crippen molar-refractivity contribution in [2.45, 2.75) is 11.8 Å². The molecule has 2 aromatic carbocycles. The van der Waals surface area contributed by atoms with Gasteiger partial charge in [0.2, 0.25) is 0 Å². The lowest BCUT2D eigenvalue weighted by atomic mass is 10.2. The monoisotopic (exact) mass is 324 g/mol. The van der Waals surface area contributed by atoms with Gasteiger partial charge >= 0.3 is 0 Å². The number of amidine groups is 1. The van der Waals surface area contributed by atoms with Crippen molar-refractivity contribution in [2.24, 2.45) is 5.73 Å². The second-order valence-electron chi connectivity index (χ2n) is 4.13. The number of hydrogen-bond donors (Lipinski definition) is 2. The van der Waals surface area contributed by atoms with Crippen LogP contribution in [-0.2, 0) is 0 Å². The molecular formula is C15H14ClFN2OS. The fourth-order valence-corrected chi connectivity index (χ4v) is 2.83. The summed E-state index contributed by atoms with van der Waals surface area (Å²) in [4.78, 5) is 0.824. The lowest BCUT2D eigenvalue weighted by Gasteiger charge is -2.14. The molecule has 0 heterocycles. The van der Waals surface area contributed by atoms with E-state index in [-0.39, 0.29) is 16.6 Å². The number of benzene rings is 2. The van der Waals surface area contributed by atoms with E-state index in [1.807, 2.05) is 13.0 Å². The highest BCUT2D eigenvalue weighted by Crippen LogP contribution is 2.34. The van der Waals surface area contributed by atoms with Crippen molar-refractivity contribution < 1.29 is 9.13 Å². The summed E-state index contributed by atoms with van der Waals surface area (Å²) in [6, 6.07) is 9.80. The smallest absolute Gasteiger partial charge is 0.184 e. The highest BCUT2D eigenvalue weighted by molar-refractivity contribution is 7.99. The Hall–Kier alpha value is -1.72. The lowest BCUT2D eigenvalue weighted by Crippen LogP contribution is -2.14. The van der Waals surface area contributed by atoms with E-state index in [1.54, 1.807) is 30.0 Å². The first-order valence-corrected chi connectivity index (χ1v) is 7.63. The molecular weight excluding hydrogens is 311 g/mol. The van der Waals surface area contributed by atoms with Crippen LogP contribution in [0, 0.1) is 11.2 Å². The molecule has 0 bridgehead atoms. The van der Waals surface area contributed by atoms with Crippen LogP contribution in [0.1, 0.15) is 12.5 Å². The van der Waals surface area contributed by atoms with Gasteiger partial charge in [-0.3, -0.25) is 5.41 Å². The highest BCUT2D eigenvalue weighted by atomic mass is 35.5. The van der Waals surface area contributed by atoms with Crippen LogP contribution in [0.3, 0.4) is 0 Å². The first kappa shape index (κ1) is 15.7. The minimum atomic E-state index is -0.637. The molecule has 0 aliphatic heterocycles. The van der Waals surface area contributed by atoms with Crippen molar-refractivity contribution >= 4 is 29.2 Å². The van der Waals surface area contributed by atoms with E-state index in [9.17, 15) is 4.39 Å². The van der Waals surface area contributed by atoms with Crippen molar-refractivity contribution in [3.05, 3.63) is 52.8 Å². The maximum absolute atomic E-state index is 13.9. The molecule has 0 atom stereocenters. The molecule has 0 unspecified atom stereocenters. The molecule has 0 aliphatic carbocycles. The number of halogens is 2. The maximum atomic E-state index is 13.9. The van der Waals surface area contributed by atoms with Gasteiger partial charge < -0.3 is 10.5 Å². The van der Waals surface area contributed by atoms with E-state index >= 15 is 0 Å². The number of thioether (sulfide) groups is 1. The van der Waals surface area contributed by atoms with Gasteiger partial charge in [0.05, 0.1) is 10.6 Å². The summed E-state index contributed by atoms with van der Waals surface area (Å²) >= 11 is 7.28. The van der Waals surface area contributed by atoms with E-state index < -0.39 is 5.82 Å². The molecule has 6 heteroatoms. The van der Waals surface area contributed by atoms with Gasteiger partial charge in [-0.25, -0.2) is 4.39 Å². The minimum Gasteiger partial charge on any atom is -0.453 e. The molecule has 0 fully saturated rings. The first-order valence-electron chi connectivity index (χ1n) is 6.26. The zero-order valence-electron chi connectivity index (χ0n) is 11.3. The van der Waals surface area contributed by atoms with E-state index in [0.717, 1.165) is 10.6 Å². The fourth-order valence-electron chi connectivity index (χ4n) is 1.82. The Balaban J connectivity index is 2.46. The molecule has 0 aliphatic rings.